The molecule has 0 aromatic heterocycles. The number of aliphatic hydroxyl groups is 1. The highest BCUT2D eigenvalue weighted by Crippen LogP contribution is 2.17. The van der Waals surface area contributed by atoms with Crippen LogP contribution in [0.25, 0.3) is 0 Å². The lowest BCUT2D eigenvalue weighted by Gasteiger charge is -2.35. The maximum Gasteiger partial charge on any atom is 0.256 e. The van der Waals surface area contributed by atoms with E-state index in [-0.39, 0.29) is 0 Å². The maximum absolute atomic E-state index is 12.3. The molecule has 1 fully saturated rings. The van der Waals surface area contributed by atoms with E-state index in [1.807, 2.05) is 0 Å². The van der Waals surface area contributed by atoms with Gasteiger partial charge in [0, 0.05) is 19.6 Å². The van der Waals surface area contributed by atoms with Gasteiger partial charge in [0.1, 0.15) is 6.04 Å². The van der Waals surface area contributed by atoms with E-state index in [9.17, 15) is 14.7 Å². The van der Waals surface area contributed by atoms with Gasteiger partial charge < -0.3 is 21.1 Å². The molecule has 1 heterocycles. The van der Waals surface area contributed by atoms with Crippen LogP contribution in [0.4, 0.5) is 0 Å². The number of benzene rings is 1. The molecule has 6 nitrogen and oxygen atoms in total. The van der Waals surface area contributed by atoms with Crippen molar-refractivity contribution in [1.82, 2.24) is 10.2 Å². The Kier molecular flexibility index (Phi) is 4.13. The van der Waals surface area contributed by atoms with Crippen molar-refractivity contribution in [3.05, 3.63) is 35.9 Å². The predicted octanol–water partition coefficient (Wildman–Crippen LogP) is -0.994. The number of hydrogen-bond donors (Lipinski definition) is 3. The second kappa shape index (κ2) is 5.81. The summed E-state index contributed by atoms with van der Waals surface area (Å²) in [6, 6.07) is 7.93. The zero-order valence-electron chi connectivity index (χ0n) is 10.5. The summed E-state index contributed by atoms with van der Waals surface area (Å²) in [4.78, 5) is 24.9. The van der Waals surface area contributed by atoms with Crippen molar-refractivity contribution in [2.24, 2.45) is 5.73 Å². The second-order valence-electron chi connectivity index (χ2n) is 4.47. The molecule has 1 aliphatic heterocycles. The SMILES string of the molecule is NC(=O)C1CNCCN1C(=O)C(O)c1ccccc1. The zero-order valence-corrected chi connectivity index (χ0v) is 10.5. The zero-order chi connectivity index (χ0) is 13.8. The van der Waals surface area contributed by atoms with Crippen LogP contribution in [-0.4, -0.2) is 47.5 Å². The Balaban J connectivity index is 2.15. The van der Waals surface area contributed by atoms with Crippen molar-refractivity contribution < 1.29 is 14.7 Å². The largest absolute Gasteiger partial charge is 0.378 e. The van der Waals surface area contributed by atoms with E-state index < -0.39 is 24.0 Å². The fourth-order valence-electron chi connectivity index (χ4n) is 2.16. The molecule has 1 saturated heterocycles. The summed E-state index contributed by atoms with van der Waals surface area (Å²) in [5.41, 5.74) is 5.79. The van der Waals surface area contributed by atoms with Gasteiger partial charge in [-0.3, -0.25) is 9.59 Å². The number of nitrogens with one attached hydrogen (secondary N) is 1. The van der Waals surface area contributed by atoms with Crippen LogP contribution in [-0.2, 0) is 9.59 Å². The van der Waals surface area contributed by atoms with Crippen LogP contribution in [0, 0.1) is 0 Å². The summed E-state index contributed by atoms with van der Waals surface area (Å²) in [6.45, 7) is 1.26. The number of carbonyl (C=O) groups excluding carboxylic acids is 2. The first-order chi connectivity index (χ1) is 9.11. The highest BCUT2D eigenvalue weighted by Gasteiger charge is 2.34. The summed E-state index contributed by atoms with van der Waals surface area (Å²) < 4.78 is 0. The van der Waals surface area contributed by atoms with E-state index in [1.165, 1.54) is 4.90 Å². The second-order valence-corrected chi connectivity index (χ2v) is 4.47. The van der Waals surface area contributed by atoms with Crippen molar-refractivity contribution in [3.8, 4) is 0 Å². The monoisotopic (exact) mass is 263 g/mol. The molecular formula is C13H17N3O3. The van der Waals surface area contributed by atoms with Crippen molar-refractivity contribution in [2.45, 2.75) is 12.1 Å². The number of carbonyl (C=O) groups is 2. The number of hydrogen-bond acceptors (Lipinski definition) is 4. The number of primary amides is 1. The van der Waals surface area contributed by atoms with E-state index in [4.69, 9.17) is 5.73 Å². The molecule has 102 valence electrons. The first-order valence-electron chi connectivity index (χ1n) is 6.15. The van der Waals surface area contributed by atoms with Crippen molar-refractivity contribution in [2.75, 3.05) is 19.6 Å². The molecule has 2 atom stereocenters. The predicted molar refractivity (Wildman–Crippen MR) is 69.0 cm³/mol. The van der Waals surface area contributed by atoms with Gasteiger partial charge in [0.15, 0.2) is 6.10 Å². The van der Waals surface area contributed by atoms with Gasteiger partial charge in [0.05, 0.1) is 0 Å². The first-order valence-corrected chi connectivity index (χ1v) is 6.15. The summed E-state index contributed by atoms with van der Waals surface area (Å²) in [7, 11) is 0. The van der Waals surface area contributed by atoms with Gasteiger partial charge >= 0.3 is 0 Å². The normalized spacial score (nSPS) is 20.9. The average molecular weight is 263 g/mol. The molecule has 6 heteroatoms. The van der Waals surface area contributed by atoms with E-state index in [0.717, 1.165) is 0 Å². The molecule has 0 saturated carbocycles. The molecule has 0 aliphatic carbocycles. The first kappa shape index (κ1) is 13.5. The third-order valence-electron chi connectivity index (χ3n) is 3.20. The van der Waals surface area contributed by atoms with Crippen molar-refractivity contribution >= 4 is 11.8 Å². The van der Waals surface area contributed by atoms with E-state index in [2.05, 4.69) is 5.32 Å². The third-order valence-corrected chi connectivity index (χ3v) is 3.20. The van der Waals surface area contributed by atoms with Gasteiger partial charge in [-0.2, -0.15) is 0 Å². The molecule has 2 rings (SSSR count). The lowest BCUT2D eigenvalue weighted by atomic mass is 10.1. The van der Waals surface area contributed by atoms with Crippen LogP contribution in [0.2, 0.25) is 0 Å². The highest BCUT2D eigenvalue weighted by molar-refractivity contribution is 5.89. The molecule has 1 aliphatic rings. The van der Waals surface area contributed by atoms with Crippen LogP contribution < -0.4 is 11.1 Å². The topological polar surface area (TPSA) is 95.7 Å². The summed E-state index contributed by atoms with van der Waals surface area (Å²) in [6.07, 6.45) is -1.26. The Bertz CT molecular complexity index is 463. The smallest absolute Gasteiger partial charge is 0.256 e. The average Bonchev–Trinajstić information content (AvgIpc) is 2.46. The molecular weight excluding hydrogens is 246 g/mol. The highest BCUT2D eigenvalue weighted by atomic mass is 16.3. The van der Waals surface area contributed by atoms with Crippen LogP contribution >= 0.6 is 0 Å². The molecule has 0 bridgehead atoms. The molecule has 4 N–H and O–H groups in total. The third kappa shape index (κ3) is 2.91. The van der Waals surface area contributed by atoms with Gasteiger partial charge in [-0.15, -0.1) is 0 Å². The standard InChI is InChI=1S/C13H17N3O3/c14-12(18)10-8-15-6-7-16(10)13(19)11(17)9-4-2-1-3-5-9/h1-5,10-11,15,17H,6-8H2,(H2,14,18). The maximum atomic E-state index is 12.3. The number of rotatable bonds is 3. The number of nitrogens with two attached hydrogens (primary N) is 1. The molecule has 1 aromatic rings. The minimum absolute atomic E-state index is 0.322. The fourth-order valence-corrected chi connectivity index (χ4v) is 2.16. The summed E-state index contributed by atoms with van der Waals surface area (Å²) >= 11 is 0. The van der Waals surface area contributed by atoms with Crippen LogP contribution in [0.1, 0.15) is 11.7 Å². The van der Waals surface area contributed by atoms with Gasteiger partial charge in [0.2, 0.25) is 5.91 Å². The van der Waals surface area contributed by atoms with Crippen molar-refractivity contribution in [3.63, 3.8) is 0 Å². The molecule has 1 aromatic carbocycles. The lowest BCUT2D eigenvalue weighted by Crippen LogP contribution is -2.59. The fraction of sp³-hybridized carbons (Fsp3) is 0.385. The van der Waals surface area contributed by atoms with Gasteiger partial charge in [-0.25, -0.2) is 0 Å². The minimum atomic E-state index is -1.26. The molecule has 2 unspecified atom stereocenters. The Morgan fingerprint density at radius 1 is 1.37 bits per heavy atom. The quantitative estimate of drug-likeness (QED) is 0.652. The molecule has 2 amide bonds. The molecule has 0 spiro atoms. The van der Waals surface area contributed by atoms with E-state index >= 15 is 0 Å². The summed E-state index contributed by atoms with van der Waals surface area (Å²) in [5, 5.41) is 13.1. The number of amides is 2. The van der Waals surface area contributed by atoms with E-state index in [0.29, 0.717) is 25.2 Å². The Morgan fingerprint density at radius 2 is 2.05 bits per heavy atom. The number of piperazine rings is 1. The number of nitrogens with zero attached hydrogens (tertiary/aromatic N) is 1. The van der Waals surface area contributed by atoms with Gasteiger partial charge in [-0.1, -0.05) is 30.3 Å². The van der Waals surface area contributed by atoms with Crippen LogP contribution in [0.3, 0.4) is 0 Å². The molecule has 19 heavy (non-hydrogen) atoms. The molecule has 0 radical (unpaired) electrons. The Labute approximate surface area is 111 Å². The minimum Gasteiger partial charge on any atom is -0.378 e. The summed E-state index contributed by atoms with van der Waals surface area (Å²) in [5.74, 6) is -1.06. The number of aliphatic hydroxyl groups excluding tert-OH is 1. The lowest BCUT2D eigenvalue weighted by molar-refractivity contribution is -0.147. The Morgan fingerprint density at radius 3 is 2.68 bits per heavy atom. The van der Waals surface area contributed by atoms with Crippen LogP contribution in [0.15, 0.2) is 30.3 Å². The van der Waals surface area contributed by atoms with Crippen molar-refractivity contribution in [1.29, 1.82) is 0 Å². The van der Waals surface area contributed by atoms with E-state index in [1.54, 1.807) is 30.3 Å². The van der Waals surface area contributed by atoms with Gasteiger partial charge in [-0.05, 0) is 5.56 Å². The van der Waals surface area contributed by atoms with Crippen LogP contribution in [0.5, 0.6) is 0 Å². The van der Waals surface area contributed by atoms with Gasteiger partial charge in [0.25, 0.3) is 5.91 Å². The Hall–Kier alpha value is -1.92.